The van der Waals surface area contributed by atoms with Gasteiger partial charge in [-0.2, -0.15) is 16.7 Å². The van der Waals surface area contributed by atoms with Gasteiger partial charge in [0.15, 0.2) is 0 Å². The predicted octanol–water partition coefficient (Wildman–Crippen LogP) is 6.83. The van der Waals surface area contributed by atoms with Crippen molar-refractivity contribution >= 4 is 80.0 Å². The summed E-state index contributed by atoms with van der Waals surface area (Å²) in [4.78, 5) is 26.2. The molecule has 0 radical (unpaired) electrons. The van der Waals surface area contributed by atoms with Gasteiger partial charge in [0.1, 0.15) is 24.2 Å². The topological polar surface area (TPSA) is 112 Å². The molecule has 11 nitrogen and oxygen atoms in total. The van der Waals surface area contributed by atoms with Crippen molar-refractivity contribution in [2.75, 3.05) is 93.8 Å². The molecule has 50 heavy (non-hydrogen) atoms. The maximum absolute atomic E-state index is 13.5. The van der Waals surface area contributed by atoms with E-state index in [2.05, 4.69) is 81.5 Å². The number of thioether (sulfide) groups is 1. The van der Waals surface area contributed by atoms with E-state index in [0.717, 1.165) is 30.9 Å². The molecule has 0 bridgehead atoms. The molecule has 2 aromatic carbocycles. The third kappa shape index (κ3) is 8.56. The summed E-state index contributed by atoms with van der Waals surface area (Å²) in [6.07, 6.45) is 11.7. The van der Waals surface area contributed by atoms with Gasteiger partial charge in [0.2, 0.25) is 5.95 Å². The van der Waals surface area contributed by atoms with Crippen LogP contribution in [-0.4, -0.2) is 114 Å². The molecule has 2 N–H and O–H groups in total. The molecule has 0 spiro atoms. The smallest absolute Gasteiger partial charge is 0.229 e. The number of aryl methyl sites for hydroxylation is 1. The highest BCUT2D eigenvalue weighted by molar-refractivity contribution is 9.10. The van der Waals surface area contributed by atoms with Crippen LogP contribution in [0, 0.1) is 0 Å². The molecule has 2 aliphatic heterocycles. The monoisotopic (exact) mass is 781 g/mol. The number of benzene rings is 2. The number of rotatable bonds is 13. The number of aromatic nitrogens is 4. The Morgan fingerprint density at radius 3 is 2.46 bits per heavy atom. The Kier molecular flexibility index (Phi) is 12.2. The molecule has 6 rings (SSSR count). The first kappa shape index (κ1) is 36.8. The number of piperidine rings is 1. The van der Waals surface area contributed by atoms with E-state index in [1.165, 1.54) is 69.0 Å². The normalized spacial score (nSPS) is 16.6. The van der Waals surface area contributed by atoms with Crippen molar-refractivity contribution in [1.82, 2.24) is 29.7 Å². The standard InChI is InChI=1S/C36H49BrN9O2PS/c1-6-25-22-30(32(48-2)23-31(25)46-15-10-26(11-16-46)45-19-17-44(18-20-45)14-7-21-50-5)42-36-40-24-27(37)35(43-36)41-29-9-8-28-33(39-13-12-38-28)34(29)49(3,4)47/h8-9,12-13,22-24,26H,6-7,10-11,14-21H2,1-5H3,(H2,40,41,42,43). The lowest BCUT2D eigenvalue weighted by Gasteiger charge is -2.43. The SMILES string of the molecule is CCc1cc(Nc2ncc(Br)c(Nc3ccc4nccnc4c3P(C)(C)=O)n2)c(OC)cc1N1CCC(N2CCN(CCCSC)CC2)CC1. The van der Waals surface area contributed by atoms with Crippen molar-refractivity contribution in [2.45, 2.75) is 38.6 Å². The Balaban J connectivity index is 1.15. The zero-order valence-electron chi connectivity index (χ0n) is 29.8. The van der Waals surface area contributed by atoms with Crippen molar-refractivity contribution < 1.29 is 9.30 Å². The van der Waals surface area contributed by atoms with Gasteiger partial charge in [0.25, 0.3) is 0 Å². The van der Waals surface area contributed by atoms with Crippen molar-refractivity contribution in [1.29, 1.82) is 0 Å². The first-order valence-electron chi connectivity index (χ1n) is 17.5. The van der Waals surface area contributed by atoms with Crippen LogP contribution in [0.15, 0.2) is 47.3 Å². The van der Waals surface area contributed by atoms with E-state index in [1.54, 1.807) is 39.0 Å². The third-order valence-corrected chi connectivity index (χ3v) is 12.5. The minimum Gasteiger partial charge on any atom is -0.494 e. The molecule has 2 saturated heterocycles. The summed E-state index contributed by atoms with van der Waals surface area (Å²) >= 11 is 5.54. The fourth-order valence-corrected chi connectivity index (χ4v) is 9.25. The first-order valence-corrected chi connectivity index (χ1v) is 22.2. The lowest BCUT2D eigenvalue weighted by molar-refractivity contribution is 0.0851. The van der Waals surface area contributed by atoms with Gasteiger partial charge in [-0.3, -0.25) is 14.9 Å². The van der Waals surface area contributed by atoms with E-state index in [1.807, 2.05) is 23.9 Å². The lowest BCUT2D eigenvalue weighted by Crippen LogP contribution is -2.53. The number of fused-ring (bicyclic) bond motifs is 1. The Hall–Kier alpha value is -2.96. The van der Waals surface area contributed by atoms with Crippen LogP contribution in [0.3, 0.4) is 0 Å². The number of methoxy groups -OCH3 is 1. The Morgan fingerprint density at radius 1 is 1.00 bits per heavy atom. The molecule has 0 aliphatic carbocycles. The predicted molar refractivity (Wildman–Crippen MR) is 214 cm³/mol. The summed E-state index contributed by atoms with van der Waals surface area (Å²) in [5.41, 5.74) is 5.27. The summed E-state index contributed by atoms with van der Waals surface area (Å²) in [5.74, 6) is 2.94. The number of nitrogens with zero attached hydrogens (tertiary/aromatic N) is 7. The third-order valence-electron chi connectivity index (χ3n) is 9.73. The minimum absolute atomic E-state index is 0.410. The molecule has 4 heterocycles. The number of nitrogens with one attached hydrogen (secondary N) is 2. The molecule has 2 aromatic heterocycles. The number of piperazine rings is 1. The average molecular weight is 783 g/mol. The van der Waals surface area contributed by atoms with Gasteiger partial charge in [-0.05, 0) is 97.3 Å². The number of ether oxygens (including phenoxy) is 1. The molecule has 4 aromatic rings. The van der Waals surface area contributed by atoms with E-state index in [0.29, 0.717) is 44.3 Å². The fourth-order valence-electron chi connectivity index (χ4n) is 7.15. The molecule has 2 fully saturated rings. The van der Waals surface area contributed by atoms with E-state index in [-0.39, 0.29) is 0 Å². The summed E-state index contributed by atoms with van der Waals surface area (Å²) in [6.45, 7) is 13.7. The van der Waals surface area contributed by atoms with Crippen LogP contribution >= 0.6 is 34.8 Å². The quantitative estimate of drug-likeness (QED) is 0.110. The Labute approximate surface area is 308 Å². The molecule has 2 aliphatic rings. The highest BCUT2D eigenvalue weighted by Gasteiger charge is 2.29. The van der Waals surface area contributed by atoms with Crippen LogP contribution in [0.25, 0.3) is 11.0 Å². The van der Waals surface area contributed by atoms with Crippen molar-refractivity contribution in [3.05, 3.63) is 52.9 Å². The highest BCUT2D eigenvalue weighted by Crippen LogP contribution is 2.42. The van der Waals surface area contributed by atoms with Crippen LogP contribution in [0.2, 0.25) is 0 Å². The van der Waals surface area contributed by atoms with Gasteiger partial charge in [0, 0.05) is 75.7 Å². The Morgan fingerprint density at radius 2 is 1.76 bits per heavy atom. The van der Waals surface area contributed by atoms with E-state index >= 15 is 0 Å². The number of hydrogen-bond donors (Lipinski definition) is 2. The van der Waals surface area contributed by atoms with Gasteiger partial charge < -0.3 is 29.7 Å². The van der Waals surface area contributed by atoms with Gasteiger partial charge in [-0.1, -0.05) is 6.92 Å². The largest absolute Gasteiger partial charge is 0.494 e. The van der Waals surface area contributed by atoms with Crippen molar-refractivity contribution in [2.24, 2.45) is 0 Å². The molecular formula is C36H49BrN9O2PS. The van der Waals surface area contributed by atoms with Crippen molar-refractivity contribution in [3.8, 4) is 5.75 Å². The van der Waals surface area contributed by atoms with Gasteiger partial charge >= 0.3 is 0 Å². The molecule has 268 valence electrons. The molecular weight excluding hydrogens is 733 g/mol. The average Bonchev–Trinajstić information content (AvgIpc) is 3.12. The zero-order chi connectivity index (χ0) is 35.3. The van der Waals surface area contributed by atoms with Crippen LogP contribution in [0.1, 0.15) is 31.7 Å². The van der Waals surface area contributed by atoms with Gasteiger partial charge in [0.05, 0.1) is 33.8 Å². The number of hydrogen-bond acceptors (Lipinski definition) is 12. The minimum atomic E-state index is -2.74. The van der Waals surface area contributed by atoms with Crippen LogP contribution in [-0.2, 0) is 11.0 Å². The lowest BCUT2D eigenvalue weighted by atomic mass is 9.99. The van der Waals surface area contributed by atoms with Crippen LogP contribution in [0.5, 0.6) is 5.75 Å². The Bertz CT molecular complexity index is 1830. The van der Waals surface area contributed by atoms with Crippen molar-refractivity contribution in [3.63, 3.8) is 0 Å². The number of anilines is 5. The summed E-state index contributed by atoms with van der Waals surface area (Å²) < 4.78 is 20.1. The first-order chi connectivity index (χ1) is 24.2. The number of halogens is 1. The molecule has 0 unspecified atom stereocenters. The second-order valence-corrected chi connectivity index (χ2v) is 18.3. The van der Waals surface area contributed by atoms with Crippen LogP contribution < -0.4 is 25.6 Å². The summed E-state index contributed by atoms with van der Waals surface area (Å²) in [6, 6.07) is 8.73. The van der Waals surface area contributed by atoms with Gasteiger partial charge in [-0.15, -0.1) is 0 Å². The van der Waals surface area contributed by atoms with Gasteiger partial charge in [-0.25, -0.2) is 4.98 Å². The fraction of sp³-hybridized carbons (Fsp3) is 0.500. The van der Waals surface area contributed by atoms with E-state index in [9.17, 15) is 4.57 Å². The summed E-state index contributed by atoms with van der Waals surface area (Å²) in [7, 11) is -1.03. The second kappa shape index (κ2) is 16.6. The van der Waals surface area contributed by atoms with Crippen LogP contribution in [0.4, 0.5) is 28.8 Å². The van der Waals surface area contributed by atoms with E-state index in [4.69, 9.17) is 9.72 Å². The maximum atomic E-state index is 13.5. The molecule has 0 saturated carbocycles. The molecule has 14 heteroatoms. The summed E-state index contributed by atoms with van der Waals surface area (Å²) in [5, 5.41) is 7.43. The highest BCUT2D eigenvalue weighted by atomic mass is 79.9. The molecule has 0 atom stereocenters. The molecule has 0 amide bonds. The maximum Gasteiger partial charge on any atom is 0.229 e. The second-order valence-electron chi connectivity index (χ2n) is 13.4. The zero-order valence-corrected chi connectivity index (χ0v) is 33.1. The van der Waals surface area contributed by atoms with E-state index < -0.39 is 7.14 Å².